The van der Waals surface area contributed by atoms with Gasteiger partial charge in [0.05, 0.1) is 5.69 Å². The smallest absolute Gasteiger partial charge is 0.263 e. The van der Waals surface area contributed by atoms with Gasteiger partial charge in [0.1, 0.15) is 9.88 Å². The van der Waals surface area contributed by atoms with E-state index in [4.69, 9.17) is 0 Å². The van der Waals surface area contributed by atoms with Gasteiger partial charge < -0.3 is 10.2 Å². The van der Waals surface area contributed by atoms with Gasteiger partial charge >= 0.3 is 0 Å². The van der Waals surface area contributed by atoms with Gasteiger partial charge in [-0.3, -0.25) is 9.59 Å². The molecule has 1 aromatic heterocycles. The highest BCUT2D eigenvalue weighted by molar-refractivity contribution is 7.17. The average Bonchev–Trinajstić information content (AvgIpc) is 2.98. The number of carbonyl (C=O) groups is 2. The molecule has 3 rings (SSSR count). The van der Waals surface area contributed by atoms with Crippen LogP contribution in [0.25, 0.3) is 10.6 Å². The Morgan fingerprint density at radius 2 is 2.00 bits per heavy atom. The van der Waals surface area contributed by atoms with Crippen LogP contribution in [0.15, 0.2) is 24.3 Å². The summed E-state index contributed by atoms with van der Waals surface area (Å²) in [6, 6.07) is 8.35. The number of amides is 2. The van der Waals surface area contributed by atoms with Gasteiger partial charge in [0.15, 0.2) is 0 Å². The second-order valence-electron chi connectivity index (χ2n) is 7.28. The van der Waals surface area contributed by atoms with Crippen LogP contribution in [0.5, 0.6) is 0 Å². The van der Waals surface area contributed by atoms with E-state index in [1.54, 1.807) is 0 Å². The van der Waals surface area contributed by atoms with Crippen molar-refractivity contribution in [1.29, 1.82) is 0 Å². The van der Waals surface area contributed by atoms with Gasteiger partial charge in [-0.05, 0) is 38.2 Å². The third kappa shape index (κ3) is 5.19. The van der Waals surface area contributed by atoms with Crippen LogP contribution in [-0.2, 0) is 11.2 Å². The first kappa shape index (κ1) is 20.5. The zero-order valence-electron chi connectivity index (χ0n) is 16.8. The lowest BCUT2D eigenvalue weighted by Gasteiger charge is -2.20. The Morgan fingerprint density at radius 3 is 2.75 bits per heavy atom. The van der Waals surface area contributed by atoms with Crippen molar-refractivity contribution in [2.75, 3.05) is 19.6 Å². The molecule has 0 bridgehead atoms. The monoisotopic (exact) mass is 399 g/mol. The van der Waals surface area contributed by atoms with Crippen molar-refractivity contribution in [3.05, 3.63) is 40.4 Å². The van der Waals surface area contributed by atoms with Gasteiger partial charge in [0.2, 0.25) is 5.91 Å². The van der Waals surface area contributed by atoms with Gasteiger partial charge in [-0.25, -0.2) is 4.98 Å². The van der Waals surface area contributed by atoms with Gasteiger partial charge in [-0.15, -0.1) is 11.3 Å². The van der Waals surface area contributed by atoms with Crippen LogP contribution in [0.1, 0.15) is 60.0 Å². The molecule has 1 aliphatic rings. The molecule has 0 spiro atoms. The summed E-state index contributed by atoms with van der Waals surface area (Å²) in [5.74, 6) is 0.175. The lowest BCUT2D eigenvalue weighted by molar-refractivity contribution is -0.130. The number of thiazole rings is 1. The lowest BCUT2D eigenvalue weighted by atomic mass is 10.1. The lowest BCUT2D eigenvalue weighted by Crippen LogP contribution is -2.33. The predicted octanol–water partition coefficient (Wildman–Crippen LogP) is 4.20. The fraction of sp³-hybridized carbons (Fsp3) is 0.500. The van der Waals surface area contributed by atoms with Crippen LogP contribution in [0.4, 0.5) is 0 Å². The highest BCUT2D eigenvalue weighted by Crippen LogP contribution is 2.28. The largest absolute Gasteiger partial charge is 0.351 e. The quantitative estimate of drug-likeness (QED) is 0.710. The Labute approximate surface area is 171 Å². The van der Waals surface area contributed by atoms with Crippen molar-refractivity contribution < 1.29 is 9.59 Å². The highest BCUT2D eigenvalue weighted by atomic mass is 32.1. The molecule has 2 amide bonds. The van der Waals surface area contributed by atoms with Gasteiger partial charge in [-0.2, -0.15) is 0 Å². The standard InChI is InChI=1S/C22H29N3O2S/c1-3-17-9-11-18(12-10-17)22-24-16(2)20(28-22)21(27)23-13-7-15-25-14-6-4-5-8-19(25)26/h9-12H,3-8,13-15H2,1-2H3,(H,23,27). The van der Waals surface area contributed by atoms with E-state index in [1.165, 1.54) is 16.9 Å². The van der Waals surface area contributed by atoms with Gasteiger partial charge in [0, 0.05) is 31.6 Å². The molecular formula is C22H29N3O2S. The number of rotatable bonds is 7. The molecule has 0 aliphatic carbocycles. The number of nitrogens with one attached hydrogen (secondary N) is 1. The molecule has 6 heteroatoms. The van der Waals surface area contributed by atoms with Crippen molar-refractivity contribution in [2.45, 2.75) is 52.4 Å². The average molecular weight is 400 g/mol. The summed E-state index contributed by atoms with van der Waals surface area (Å²) in [6.45, 7) is 6.15. The van der Waals surface area contributed by atoms with Crippen LogP contribution in [0, 0.1) is 6.92 Å². The molecule has 0 saturated carbocycles. The summed E-state index contributed by atoms with van der Waals surface area (Å²) in [5.41, 5.74) is 3.10. The molecule has 28 heavy (non-hydrogen) atoms. The number of nitrogens with zero attached hydrogens (tertiary/aromatic N) is 2. The van der Waals surface area contributed by atoms with Crippen LogP contribution in [0.3, 0.4) is 0 Å². The van der Waals surface area contributed by atoms with Gasteiger partial charge in [-0.1, -0.05) is 37.6 Å². The molecule has 1 aromatic carbocycles. The fourth-order valence-corrected chi connectivity index (χ4v) is 4.43. The van der Waals surface area contributed by atoms with Crippen molar-refractivity contribution in [3.63, 3.8) is 0 Å². The topological polar surface area (TPSA) is 62.3 Å². The van der Waals surface area contributed by atoms with E-state index in [1.807, 2.05) is 11.8 Å². The normalized spacial score (nSPS) is 14.8. The molecular weight excluding hydrogens is 370 g/mol. The molecule has 1 fully saturated rings. The number of aryl methyl sites for hydroxylation is 2. The first-order valence-electron chi connectivity index (χ1n) is 10.2. The summed E-state index contributed by atoms with van der Waals surface area (Å²) in [5, 5.41) is 3.86. The summed E-state index contributed by atoms with van der Waals surface area (Å²) in [4.78, 5) is 31.8. The van der Waals surface area contributed by atoms with Gasteiger partial charge in [0.25, 0.3) is 5.91 Å². The molecule has 0 radical (unpaired) electrons. The number of carbonyl (C=O) groups excluding carboxylic acids is 2. The minimum absolute atomic E-state index is 0.0754. The minimum atomic E-state index is -0.0754. The third-order valence-corrected chi connectivity index (χ3v) is 6.38. The van der Waals surface area contributed by atoms with E-state index in [9.17, 15) is 9.59 Å². The van der Waals surface area contributed by atoms with E-state index in [0.717, 1.165) is 61.5 Å². The van der Waals surface area contributed by atoms with Crippen LogP contribution >= 0.6 is 11.3 Å². The SMILES string of the molecule is CCc1ccc(-c2nc(C)c(C(=O)NCCCN3CCCCCC3=O)s2)cc1. The fourth-order valence-electron chi connectivity index (χ4n) is 3.44. The molecule has 150 valence electrons. The molecule has 1 aliphatic heterocycles. The predicted molar refractivity (Wildman–Crippen MR) is 114 cm³/mol. The molecule has 1 saturated heterocycles. The Hall–Kier alpha value is -2.21. The number of benzene rings is 1. The van der Waals surface area contributed by atoms with E-state index in [0.29, 0.717) is 17.8 Å². The summed E-state index contributed by atoms with van der Waals surface area (Å²) >= 11 is 1.44. The molecule has 0 unspecified atom stereocenters. The molecule has 1 N–H and O–H groups in total. The van der Waals surface area contributed by atoms with Crippen molar-refractivity contribution in [1.82, 2.24) is 15.2 Å². The molecule has 2 aromatic rings. The number of aromatic nitrogens is 1. The number of hydrogen-bond acceptors (Lipinski definition) is 4. The summed E-state index contributed by atoms with van der Waals surface area (Å²) in [6.07, 6.45) is 5.66. The second kappa shape index (κ2) is 9.82. The maximum absolute atomic E-state index is 12.6. The van der Waals surface area contributed by atoms with E-state index in [-0.39, 0.29) is 11.8 Å². The van der Waals surface area contributed by atoms with E-state index < -0.39 is 0 Å². The Morgan fingerprint density at radius 1 is 1.21 bits per heavy atom. The molecule has 5 nitrogen and oxygen atoms in total. The Kier molecular flexibility index (Phi) is 7.20. The zero-order valence-corrected chi connectivity index (χ0v) is 17.6. The van der Waals surface area contributed by atoms with E-state index >= 15 is 0 Å². The zero-order chi connectivity index (χ0) is 19.9. The first-order valence-corrected chi connectivity index (χ1v) is 11.0. The first-order chi connectivity index (χ1) is 13.6. The summed E-state index contributed by atoms with van der Waals surface area (Å²) < 4.78 is 0. The Bertz CT molecular complexity index is 814. The van der Waals surface area contributed by atoms with Crippen molar-refractivity contribution in [2.24, 2.45) is 0 Å². The molecule has 2 heterocycles. The third-order valence-electron chi connectivity index (χ3n) is 5.17. The van der Waals surface area contributed by atoms with Crippen LogP contribution < -0.4 is 5.32 Å². The summed E-state index contributed by atoms with van der Waals surface area (Å²) in [7, 11) is 0. The van der Waals surface area contributed by atoms with Crippen molar-refractivity contribution in [3.8, 4) is 10.6 Å². The maximum Gasteiger partial charge on any atom is 0.263 e. The van der Waals surface area contributed by atoms with E-state index in [2.05, 4.69) is 41.5 Å². The number of likely N-dealkylation sites (tertiary alicyclic amines) is 1. The highest BCUT2D eigenvalue weighted by Gasteiger charge is 2.18. The maximum atomic E-state index is 12.6. The van der Waals surface area contributed by atoms with Crippen molar-refractivity contribution >= 4 is 23.2 Å². The van der Waals surface area contributed by atoms with Crippen LogP contribution in [0.2, 0.25) is 0 Å². The van der Waals surface area contributed by atoms with Crippen LogP contribution in [-0.4, -0.2) is 41.3 Å². The number of hydrogen-bond donors (Lipinski definition) is 1. The molecule has 0 atom stereocenters. The minimum Gasteiger partial charge on any atom is -0.351 e. The Balaban J connectivity index is 1.52. The second-order valence-corrected chi connectivity index (χ2v) is 8.28.